The van der Waals surface area contributed by atoms with Gasteiger partial charge in [-0.3, -0.25) is 0 Å². The number of nitriles is 1. The maximum absolute atomic E-state index is 8.47. The second-order valence-electron chi connectivity index (χ2n) is 2.68. The van der Waals surface area contributed by atoms with Crippen molar-refractivity contribution in [3.05, 3.63) is 18.1 Å². The lowest BCUT2D eigenvalue weighted by molar-refractivity contribution is 0.830. The van der Waals surface area contributed by atoms with E-state index in [9.17, 15) is 0 Å². The summed E-state index contributed by atoms with van der Waals surface area (Å²) in [6.45, 7) is 3.03. The Morgan fingerprint density at radius 2 is 2.31 bits per heavy atom. The fourth-order valence-electron chi connectivity index (χ4n) is 0.870. The first-order valence-corrected chi connectivity index (χ1v) is 4.33. The van der Waals surface area contributed by atoms with Crippen molar-refractivity contribution in [1.82, 2.24) is 9.97 Å². The predicted octanol–water partition coefficient (Wildman–Crippen LogP) is 1.56. The second kappa shape index (κ2) is 5.09. The summed E-state index contributed by atoms with van der Waals surface area (Å²) in [5.74, 6) is 0.729. The van der Waals surface area contributed by atoms with Crippen molar-refractivity contribution in [3.8, 4) is 6.07 Å². The summed E-state index contributed by atoms with van der Waals surface area (Å²) >= 11 is 0. The smallest absolute Gasteiger partial charge is 0.158 e. The molecule has 0 fully saturated rings. The van der Waals surface area contributed by atoms with Gasteiger partial charge < -0.3 is 5.32 Å². The van der Waals surface area contributed by atoms with Crippen LogP contribution in [0.1, 0.15) is 25.5 Å². The van der Waals surface area contributed by atoms with Crippen LogP contribution in [0.4, 0.5) is 5.82 Å². The number of aromatic nitrogens is 2. The van der Waals surface area contributed by atoms with Crippen molar-refractivity contribution in [1.29, 1.82) is 5.26 Å². The summed E-state index contributed by atoms with van der Waals surface area (Å²) < 4.78 is 0. The van der Waals surface area contributed by atoms with Gasteiger partial charge in [0, 0.05) is 6.54 Å². The van der Waals surface area contributed by atoms with Gasteiger partial charge in [0.15, 0.2) is 5.69 Å². The van der Waals surface area contributed by atoms with E-state index >= 15 is 0 Å². The first kappa shape index (κ1) is 9.46. The maximum Gasteiger partial charge on any atom is 0.158 e. The zero-order valence-electron chi connectivity index (χ0n) is 7.62. The fraction of sp³-hybridized carbons (Fsp3) is 0.444. The highest BCUT2D eigenvalue weighted by Gasteiger charge is 1.94. The molecule has 0 spiro atoms. The van der Waals surface area contributed by atoms with Crippen LogP contribution in [-0.2, 0) is 0 Å². The minimum atomic E-state index is 0.348. The molecule has 0 saturated carbocycles. The number of nitrogens with one attached hydrogen (secondary N) is 1. The third-order valence-corrected chi connectivity index (χ3v) is 1.60. The first-order valence-electron chi connectivity index (χ1n) is 4.33. The summed E-state index contributed by atoms with van der Waals surface area (Å²) in [7, 11) is 0. The van der Waals surface area contributed by atoms with Crippen LogP contribution in [0.3, 0.4) is 0 Å². The topological polar surface area (TPSA) is 61.6 Å². The average Bonchev–Trinajstić information content (AvgIpc) is 2.19. The number of unbranched alkanes of at least 4 members (excludes halogenated alkanes) is 1. The van der Waals surface area contributed by atoms with Gasteiger partial charge in [-0.1, -0.05) is 13.3 Å². The van der Waals surface area contributed by atoms with E-state index in [1.54, 1.807) is 6.20 Å². The van der Waals surface area contributed by atoms with Gasteiger partial charge in [-0.05, 0) is 6.42 Å². The highest BCUT2D eigenvalue weighted by Crippen LogP contribution is 2.00. The molecule has 0 aliphatic heterocycles. The van der Waals surface area contributed by atoms with Gasteiger partial charge in [-0.2, -0.15) is 5.26 Å². The molecule has 1 aromatic heterocycles. The molecular formula is C9H12N4. The van der Waals surface area contributed by atoms with E-state index in [4.69, 9.17) is 5.26 Å². The van der Waals surface area contributed by atoms with Crippen LogP contribution < -0.4 is 5.32 Å². The molecule has 1 rings (SSSR count). The minimum Gasteiger partial charge on any atom is -0.369 e. The van der Waals surface area contributed by atoms with E-state index in [0.717, 1.165) is 25.2 Å². The first-order chi connectivity index (χ1) is 6.36. The molecule has 0 radical (unpaired) electrons. The van der Waals surface area contributed by atoms with Crippen LogP contribution in [0, 0.1) is 11.3 Å². The summed E-state index contributed by atoms with van der Waals surface area (Å²) in [6.07, 6.45) is 5.31. The summed E-state index contributed by atoms with van der Waals surface area (Å²) in [6, 6.07) is 1.92. The summed E-state index contributed by atoms with van der Waals surface area (Å²) in [5, 5.41) is 11.6. The zero-order valence-corrected chi connectivity index (χ0v) is 7.62. The third kappa shape index (κ3) is 3.08. The zero-order chi connectivity index (χ0) is 9.52. The summed E-state index contributed by atoms with van der Waals surface area (Å²) in [4.78, 5) is 7.92. The molecule has 0 unspecified atom stereocenters. The number of nitrogens with zero attached hydrogens (tertiary/aromatic N) is 3. The quantitative estimate of drug-likeness (QED) is 0.707. The van der Waals surface area contributed by atoms with Crippen molar-refractivity contribution in [2.45, 2.75) is 19.8 Å². The largest absolute Gasteiger partial charge is 0.369 e. The molecule has 13 heavy (non-hydrogen) atoms. The SMILES string of the molecule is CCCCNc1cnc(C#N)cn1. The van der Waals surface area contributed by atoms with E-state index in [2.05, 4.69) is 22.2 Å². The molecule has 0 saturated heterocycles. The van der Waals surface area contributed by atoms with E-state index in [-0.39, 0.29) is 0 Å². The second-order valence-corrected chi connectivity index (χ2v) is 2.68. The highest BCUT2D eigenvalue weighted by molar-refractivity contribution is 5.32. The molecule has 1 heterocycles. The number of hydrogen-bond acceptors (Lipinski definition) is 4. The monoisotopic (exact) mass is 176 g/mol. The molecule has 0 atom stereocenters. The molecule has 68 valence electrons. The van der Waals surface area contributed by atoms with Gasteiger partial charge >= 0.3 is 0 Å². The maximum atomic E-state index is 8.47. The van der Waals surface area contributed by atoms with Gasteiger partial charge in [-0.15, -0.1) is 0 Å². The lowest BCUT2D eigenvalue weighted by atomic mass is 10.3. The molecule has 4 nitrogen and oxygen atoms in total. The van der Waals surface area contributed by atoms with Crippen LogP contribution in [0.15, 0.2) is 12.4 Å². The lowest BCUT2D eigenvalue weighted by Crippen LogP contribution is -2.03. The van der Waals surface area contributed by atoms with E-state index in [1.165, 1.54) is 6.20 Å². The Bertz CT molecular complexity index is 285. The van der Waals surface area contributed by atoms with Gasteiger partial charge in [0.2, 0.25) is 0 Å². The molecule has 0 aliphatic rings. The number of rotatable bonds is 4. The lowest BCUT2D eigenvalue weighted by Gasteiger charge is -2.02. The molecule has 0 aliphatic carbocycles. The highest BCUT2D eigenvalue weighted by atomic mass is 15.0. The Kier molecular flexibility index (Phi) is 3.71. The molecule has 1 aromatic rings. The average molecular weight is 176 g/mol. The summed E-state index contributed by atoms with van der Waals surface area (Å²) in [5.41, 5.74) is 0.348. The van der Waals surface area contributed by atoms with Gasteiger partial charge in [0.05, 0.1) is 12.4 Å². The number of hydrogen-bond donors (Lipinski definition) is 1. The molecule has 0 bridgehead atoms. The van der Waals surface area contributed by atoms with Crippen molar-refractivity contribution >= 4 is 5.82 Å². The van der Waals surface area contributed by atoms with E-state index in [1.807, 2.05) is 6.07 Å². The minimum absolute atomic E-state index is 0.348. The molecular weight excluding hydrogens is 164 g/mol. The van der Waals surface area contributed by atoms with Crippen LogP contribution >= 0.6 is 0 Å². The molecule has 1 N–H and O–H groups in total. The molecule has 0 aromatic carbocycles. The third-order valence-electron chi connectivity index (χ3n) is 1.60. The van der Waals surface area contributed by atoms with Gasteiger partial charge in [0.1, 0.15) is 11.9 Å². The van der Waals surface area contributed by atoms with Crippen LogP contribution in [0.2, 0.25) is 0 Å². The van der Waals surface area contributed by atoms with Crippen LogP contribution in [-0.4, -0.2) is 16.5 Å². The standard InChI is InChI=1S/C9H12N4/c1-2-3-4-11-9-7-12-8(5-10)6-13-9/h6-7H,2-4H2,1H3,(H,11,13). The fourth-order valence-corrected chi connectivity index (χ4v) is 0.870. The predicted molar refractivity (Wildman–Crippen MR) is 50.1 cm³/mol. The Labute approximate surface area is 77.6 Å². The Morgan fingerprint density at radius 3 is 2.85 bits per heavy atom. The van der Waals surface area contributed by atoms with Gasteiger partial charge in [-0.25, -0.2) is 9.97 Å². The Morgan fingerprint density at radius 1 is 1.46 bits per heavy atom. The van der Waals surface area contributed by atoms with E-state index in [0.29, 0.717) is 5.69 Å². The van der Waals surface area contributed by atoms with Crippen LogP contribution in [0.5, 0.6) is 0 Å². The van der Waals surface area contributed by atoms with Crippen molar-refractivity contribution in [2.24, 2.45) is 0 Å². The van der Waals surface area contributed by atoms with Crippen molar-refractivity contribution in [2.75, 3.05) is 11.9 Å². The van der Waals surface area contributed by atoms with Crippen LogP contribution in [0.25, 0.3) is 0 Å². The number of anilines is 1. The van der Waals surface area contributed by atoms with Crippen molar-refractivity contribution < 1.29 is 0 Å². The van der Waals surface area contributed by atoms with Crippen molar-refractivity contribution in [3.63, 3.8) is 0 Å². The normalized spacial score (nSPS) is 9.23. The Balaban J connectivity index is 2.46. The molecule has 4 heteroatoms. The van der Waals surface area contributed by atoms with Gasteiger partial charge in [0.25, 0.3) is 0 Å². The molecule has 0 amide bonds. The van der Waals surface area contributed by atoms with E-state index < -0.39 is 0 Å². The Hall–Kier alpha value is -1.63.